The molecule has 25 heavy (non-hydrogen) atoms. The Morgan fingerprint density at radius 1 is 1.16 bits per heavy atom. The highest BCUT2D eigenvalue weighted by Gasteiger charge is 2.34. The van der Waals surface area contributed by atoms with Gasteiger partial charge >= 0.3 is 6.36 Å². The van der Waals surface area contributed by atoms with Crippen molar-refractivity contribution in [2.24, 2.45) is 0 Å². The van der Waals surface area contributed by atoms with E-state index in [1.54, 1.807) is 30.3 Å². The van der Waals surface area contributed by atoms with Crippen LogP contribution in [-0.4, -0.2) is 26.5 Å². The molecule has 0 aliphatic rings. The normalized spacial score (nSPS) is 13.5. The van der Waals surface area contributed by atoms with Crippen LogP contribution in [0.4, 0.5) is 13.2 Å². The van der Waals surface area contributed by atoms with Crippen molar-refractivity contribution in [2.45, 2.75) is 17.3 Å². The Balaban J connectivity index is 2.39. The van der Waals surface area contributed by atoms with Crippen LogP contribution in [0, 0.1) is 0 Å². The van der Waals surface area contributed by atoms with Gasteiger partial charge in [-0.25, -0.2) is 13.1 Å². The van der Waals surface area contributed by atoms with Gasteiger partial charge in [0.1, 0.15) is 4.90 Å². The molecule has 0 saturated carbocycles. The lowest BCUT2D eigenvalue weighted by Crippen LogP contribution is -2.31. The van der Waals surface area contributed by atoms with E-state index in [0.29, 0.717) is 5.56 Å². The molecule has 2 aromatic rings. The van der Waals surface area contributed by atoms with E-state index in [4.69, 9.17) is 0 Å². The molecule has 2 aromatic carbocycles. The molecule has 1 unspecified atom stereocenters. The van der Waals surface area contributed by atoms with Gasteiger partial charge in [0.2, 0.25) is 10.0 Å². The maximum Gasteiger partial charge on any atom is 0.573 e. The number of sulfonamides is 1. The lowest BCUT2D eigenvalue weighted by molar-refractivity contribution is -0.275. The number of hydrogen-bond acceptors (Lipinski definition) is 4. The van der Waals surface area contributed by atoms with Crippen molar-refractivity contribution in [3.8, 4) is 5.75 Å². The first-order valence-corrected chi connectivity index (χ1v) is 9.13. The van der Waals surface area contributed by atoms with Gasteiger partial charge in [0.25, 0.3) is 0 Å². The zero-order chi connectivity index (χ0) is 18.7. The fourth-order valence-electron chi connectivity index (χ4n) is 2.06. The first kappa shape index (κ1) is 19.7. The molecule has 0 amide bonds. The molecular formula is C15H13BrF3NO4S. The van der Waals surface area contributed by atoms with E-state index in [1.165, 1.54) is 6.07 Å². The molecular weight excluding hydrogens is 427 g/mol. The van der Waals surface area contributed by atoms with Crippen molar-refractivity contribution >= 4 is 26.0 Å². The summed E-state index contributed by atoms with van der Waals surface area (Å²) in [6, 6.07) is 10.3. The SMILES string of the molecule is O=S(=O)(NC(CO)c1ccccc1)c1ccc(Br)cc1OC(F)(F)F. The van der Waals surface area contributed by atoms with Crippen LogP contribution in [0.25, 0.3) is 0 Å². The van der Waals surface area contributed by atoms with Crippen LogP contribution in [-0.2, 0) is 10.0 Å². The largest absolute Gasteiger partial charge is 0.573 e. The fraction of sp³-hybridized carbons (Fsp3) is 0.200. The molecule has 0 saturated heterocycles. The summed E-state index contributed by atoms with van der Waals surface area (Å²) in [6.45, 7) is -0.574. The Labute approximate surface area is 150 Å². The summed E-state index contributed by atoms with van der Waals surface area (Å²) < 4.78 is 68.8. The fourth-order valence-corrected chi connectivity index (χ4v) is 3.72. The van der Waals surface area contributed by atoms with Crippen LogP contribution < -0.4 is 9.46 Å². The standard InChI is InChI=1S/C15H13BrF3NO4S/c16-11-6-7-14(13(8-11)24-15(17,18)19)25(22,23)20-12(9-21)10-4-2-1-3-5-10/h1-8,12,20-21H,9H2. The summed E-state index contributed by atoms with van der Waals surface area (Å²) in [5, 5.41) is 9.44. The van der Waals surface area contributed by atoms with Gasteiger partial charge < -0.3 is 9.84 Å². The smallest absolute Gasteiger partial charge is 0.404 e. The minimum Gasteiger partial charge on any atom is -0.404 e. The highest BCUT2D eigenvalue weighted by molar-refractivity contribution is 9.10. The molecule has 0 fully saturated rings. The lowest BCUT2D eigenvalue weighted by atomic mass is 10.1. The van der Waals surface area contributed by atoms with Crippen LogP contribution in [0.15, 0.2) is 57.9 Å². The molecule has 0 heterocycles. The average molecular weight is 440 g/mol. The number of aliphatic hydroxyl groups is 1. The monoisotopic (exact) mass is 439 g/mol. The summed E-state index contributed by atoms with van der Waals surface area (Å²) in [5.74, 6) is -0.876. The lowest BCUT2D eigenvalue weighted by Gasteiger charge is -2.19. The third-order valence-corrected chi connectivity index (χ3v) is 5.11. The van der Waals surface area contributed by atoms with Crippen molar-refractivity contribution in [3.63, 3.8) is 0 Å². The second-order valence-corrected chi connectivity index (χ2v) is 7.50. The minimum atomic E-state index is -5.05. The van der Waals surface area contributed by atoms with Gasteiger partial charge in [-0.3, -0.25) is 0 Å². The van der Waals surface area contributed by atoms with Crippen molar-refractivity contribution in [3.05, 3.63) is 58.6 Å². The van der Waals surface area contributed by atoms with Gasteiger partial charge in [-0.05, 0) is 23.8 Å². The molecule has 10 heteroatoms. The maximum atomic E-state index is 12.5. The third-order valence-electron chi connectivity index (χ3n) is 3.10. The van der Waals surface area contributed by atoms with E-state index in [-0.39, 0.29) is 4.47 Å². The Bertz CT molecular complexity index is 828. The highest BCUT2D eigenvalue weighted by atomic mass is 79.9. The number of hydrogen-bond donors (Lipinski definition) is 2. The molecule has 5 nitrogen and oxygen atoms in total. The van der Waals surface area contributed by atoms with E-state index in [9.17, 15) is 26.7 Å². The van der Waals surface area contributed by atoms with Crippen molar-refractivity contribution in [2.75, 3.05) is 6.61 Å². The maximum absolute atomic E-state index is 12.5. The van der Waals surface area contributed by atoms with Crippen molar-refractivity contribution in [1.29, 1.82) is 0 Å². The van der Waals surface area contributed by atoms with Crippen LogP contribution in [0.1, 0.15) is 11.6 Å². The molecule has 2 N–H and O–H groups in total. The average Bonchev–Trinajstić information content (AvgIpc) is 2.51. The van der Waals surface area contributed by atoms with Crippen LogP contribution in [0.5, 0.6) is 5.75 Å². The number of benzene rings is 2. The quantitative estimate of drug-likeness (QED) is 0.723. The molecule has 0 radical (unpaired) electrons. The van der Waals surface area contributed by atoms with Gasteiger partial charge in [0.15, 0.2) is 5.75 Å². The van der Waals surface area contributed by atoms with Gasteiger partial charge in [0, 0.05) is 4.47 Å². The number of aliphatic hydroxyl groups excluding tert-OH is 1. The molecule has 1 atom stereocenters. The number of halogens is 4. The summed E-state index contributed by atoms with van der Waals surface area (Å²) in [6.07, 6.45) is -5.05. The number of nitrogens with one attached hydrogen (secondary N) is 1. The Morgan fingerprint density at radius 2 is 1.80 bits per heavy atom. The Morgan fingerprint density at radius 3 is 2.36 bits per heavy atom. The number of rotatable bonds is 6. The van der Waals surface area contributed by atoms with Gasteiger partial charge in [-0.2, -0.15) is 0 Å². The summed E-state index contributed by atoms with van der Waals surface area (Å²) in [7, 11) is -4.40. The van der Waals surface area contributed by atoms with Gasteiger partial charge in [-0.15, -0.1) is 13.2 Å². The molecule has 0 aliphatic heterocycles. The predicted octanol–water partition coefficient (Wildman–Crippen LogP) is 3.36. The highest BCUT2D eigenvalue weighted by Crippen LogP contribution is 2.32. The van der Waals surface area contributed by atoms with Crippen LogP contribution in [0.3, 0.4) is 0 Å². The summed E-state index contributed by atoms with van der Waals surface area (Å²) in [5.41, 5.74) is 0.462. The first-order valence-electron chi connectivity index (χ1n) is 6.86. The molecule has 2 rings (SSSR count). The van der Waals surface area contributed by atoms with E-state index in [2.05, 4.69) is 25.4 Å². The molecule has 0 aromatic heterocycles. The Kier molecular flexibility index (Phi) is 6.09. The van der Waals surface area contributed by atoms with E-state index >= 15 is 0 Å². The van der Waals surface area contributed by atoms with E-state index in [1.807, 2.05) is 0 Å². The molecule has 136 valence electrons. The van der Waals surface area contributed by atoms with Crippen molar-refractivity contribution < 1.29 is 31.4 Å². The predicted molar refractivity (Wildman–Crippen MR) is 87.4 cm³/mol. The van der Waals surface area contributed by atoms with E-state index < -0.39 is 39.7 Å². The molecule has 0 bridgehead atoms. The second-order valence-electron chi connectivity index (χ2n) is 4.91. The van der Waals surface area contributed by atoms with E-state index in [0.717, 1.165) is 12.1 Å². The number of alkyl halides is 3. The molecule has 0 spiro atoms. The van der Waals surface area contributed by atoms with Crippen LogP contribution >= 0.6 is 15.9 Å². The zero-order valence-electron chi connectivity index (χ0n) is 12.5. The zero-order valence-corrected chi connectivity index (χ0v) is 14.9. The minimum absolute atomic E-state index is 0.215. The Hall–Kier alpha value is -1.62. The second kappa shape index (κ2) is 7.73. The topological polar surface area (TPSA) is 75.6 Å². The van der Waals surface area contributed by atoms with Crippen LogP contribution in [0.2, 0.25) is 0 Å². The molecule has 0 aliphatic carbocycles. The summed E-state index contributed by atoms with van der Waals surface area (Å²) in [4.78, 5) is -0.692. The third kappa shape index (κ3) is 5.43. The first-order chi connectivity index (χ1) is 11.6. The van der Waals surface area contributed by atoms with Gasteiger partial charge in [-0.1, -0.05) is 46.3 Å². The summed E-state index contributed by atoms with van der Waals surface area (Å²) >= 11 is 2.97. The number of ether oxygens (including phenoxy) is 1. The van der Waals surface area contributed by atoms with Gasteiger partial charge in [0.05, 0.1) is 12.6 Å². The van der Waals surface area contributed by atoms with Crippen molar-refractivity contribution in [1.82, 2.24) is 4.72 Å².